The molecular weight excluding hydrogens is 446 g/mol. The highest BCUT2D eigenvalue weighted by Crippen LogP contribution is 2.37. The minimum Gasteiger partial charge on any atom is -0.496 e. The summed E-state index contributed by atoms with van der Waals surface area (Å²) in [7, 11) is 1.66. The summed E-state index contributed by atoms with van der Waals surface area (Å²) in [4.78, 5) is 16.7. The Hall–Kier alpha value is -2.84. The lowest BCUT2D eigenvalue weighted by Crippen LogP contribution is -2.58. The third kappa shape index (κ3) is 5.28. The van der Waals surface area contributed by atoms with Crippen LogP contribution >= 0.6 is 11.8 Å². The van der Waals surface area contributed by atoms with Crippen LogP contribution in [0.3, 0.4) is 0 Å². The van der Waals surface area contributed by atoms with E-state index < -0.39 is 0 Å². The fourth-order valence-electron chi connectivity index (χ4n) is 5.17. The number of ether oxygens (including phenoxy) is 1. The lowest BCUT2D eigenvalue weighted by Gasteiger charge is -2.49. The van der Waals surface area contributed by atoms with Crippen molar-refractivity contribution in [3.63, 3.8) is 0 Å². The topological polar surface area (TPSA) is 72.3 Å². The molecule has 3 saturated heterocycles. The summed E-state index contributed by atoms with van der Waals surface area (Å²) in [6, 6.07) is 18.6. The van der Waals surface area contributed by atoms with E-state index in [9.17, 15) is 4.79 Å². The minimum absolute atomic E-state index is 0.0493. The van der Waals surface area contributed by atoms with Crippen molar-refractivity contribution in [2.45, 2.75) is 42.6 Å². The molecule has 3 aliphatic heterocycles. The molecule has 1 amide bonds. The molecule has 178 valence electrons. The molecule has 0 spiro atoms. The number of nitrogens with one attached hydrogen (secondary N) is 1. The van der Waals surface area contributed by atoms with Crippen molar-refractivity contribution in [1.29, 1.82) is 0 Å². The van der Waals surface area contributed by atoms with Gasteiger partial charge in [0.05, 0.1) is 25.3 Å². The summed E-state index contributed by atoms with van der Waals surface area (Å²) in [5.41, 5.74) is 2.00. The van der Waals surface area contributed by atoms with Gasteiger partial charge in [-0.15, -0.1) is 16.9 Å². The summed E-state index contributed by atoms with van der Waals surface area (Å²) in [6.45, 7) is 3.20. The van der Waals surface area contributed by atoms with Crippen LogP contribution in [0.1, 0.15) is 24.1 Å². The predicted molar refractivity (Wildman–Crippen MR) is 132 cm³/mol. The largest absolute Gasteiger partial charge is 0.496 e. The Balaban J connectivity index is 1.13. The van der Waals surface area contributed by atoms with Gasteiger partial charge < -0.3 is 10.1 Å². The van der Waals surface area contributed by atoms with Gasteiger partial charge in [-0.3, -0.25) is 14.4 Å². The molecule has 4 atom stereocenters. The summed E-state index contributed by atoms with van der Waals surface area (Å²) >= 11 is 1.78. The second kappa shape index (κ2) is 10.6. The van der Waals surface area contributed by atoms with Gasteiger partial charge in [0.2, 0.25) is 5.91 Å². The monoisotopic (exact) mass is 477 g/mol. The Kier molecular flexibility index (Phi) is 7.16. The van der Waals surface area contributed by atoms with Crippen LogP contribution in [0.15, 0.2) is 65.7 Å². The molecule has 6 rings (SSSR count). The van der Waals surface area contributed by atoms with Crippen molar-refractivity contribution in [1.82, 2.24) is 25.2 Å². The van der Waals surface area contributed by atoms with E-state index in [1.807, 2.05) is 35.0 Å². The lowest BCUT2D eigenvalue weighted by atomic mass is 9.75. The van der Waals surface area contributed by atoms with Crippen molar-refractivity contribution >= 4 is 17.7 Å². The molecule has 1 aromatic heterocycles. The molecule has 34 heavy (non-hydrogen) atoms. The first-order chi connectivity index (χ1) is 16.7. The zero-order chi connectivity index (χ0) is 23.3. The first-order valence-electron chi connectivity index (χ1n) is 11.9. The third-order valence-electron chi connectivity index (χ3n) is 6.97. The molecule has 3 fully saturated rings. The maximum Gasteiger partial charge on any atom is 0.224 e. The molecular formula is C26H31N5O2S. The average Bonchev–Trinajstić information content (AvgIpc) is 3.34. The van der Waals surface area contributed by atoms with Gasteiger partial charge in [0, 0.05) is 41.5 Å². The van der Waals surface area contributed by atoms with Gasteiger partial charge in [-0.1, -0.05) is 41.6 Å². The van der Waals surface area contributed by atoms with Gasteiger partial charge in [-0.05, 0) is 43.5 Å². The fraction of sp³-hybridized carbons (Fsp3) is 0.423. The van der Waals surface area contributed by atoms with Gasteiger partial charge in [0.15, 0.2) is 0 Å². The van der Waals surface area contributed by atoms with E-state index in [0.29, 0.717) is 18.5 Å². The highest BCUT2D eigenvalue weighted by molar-refractivity contribution is 7.98. The fourth-order valence-corrected chi connectivity index (χ4v) is 5.97. The number of amides is 1. The van der Waals surface area contributed by atoms with Crippen molar-refractivity contribution < 1.29 is 9.53 Å². The normalized spacial score (nSPS) is 23.6. The minimum atomic E-state index is 0.0493. The number of carbonyl (C=O) groups excluding carboxylic acids is 1. The number of benzene rings is 2. The number of fused-ring (bicyclic) bond motifs is 3. The van der Waals surface area contributed by atoms with Crippen molar-refractivity contribution in [3.8, 4) is 5.75 Å². The number of rotatable bonds is 9. The standard InChI is InChI=1S/C26H31N5O2S/c1-33-25-10-6-5-7-20(25)14-27-26(32)24-17-30-12-11-19(24)13-22(30)16-31-15-21(28-29-31)18-34-23-8-3-2-4-9-23/h2-10,15,19,22,24H,11-14,16-18H2,1H3,(H,27,32)/t19-,22-,24+/m1/s1. The number of hydrogen-bond donors (Lipinski definition) is 1. The Bertz CT molecular complexity index is 1110. The van der Waals surface area contributed by atoms with E-state index in [1.54, 1.807) is 18.9 Å². The van der Waals surface area contributed by atoms with E-state index in [0.717, 1.165) is 55.2 Å². The van der Waals surface area contributed by atoms with Gasteiger partial charge in [0.25, 0.3) is 0 Å². The van der Waals surface area contributed by atoms with Crippen LogP contribution in [0.25, 0.3) is 0 Å². The number of thioether (sulfide) groups is 1. The van der Waals surface area contributed by atoms with E-state index in [2.05, 4.69) is 51.0 Å². The molecule has 4 heterocycles. The summed E-state index contributed by atoms with van der Waals surface area (Å²) in [5, 5.41) is 11.9. The summed E-state index contributed by atoms with van der Waals surface area (Å²) < 4.78 is 7.38. The van der Waals surface area contributed by atoms with Gasteiger partial charge in [0.1, 0.15) is 5.75 Å². The van der Waals surface area contributed by atoms with E-state index in [1.165, 1.54) is 4.90 Å². The predicted octanol–water partition coefficient (Wildman–Crippen LogP) is 3.61. The number of para-hydroxylation sites is 1. The number of methoxy groups -OCH3 is 1. The molecule has 1 N–H and O–H groups in total. The van der Waals surface area contributed by atoms with Crippen LogP contribution in [0.5, 0.6) is 5.75 Å². The van der Waals surface area contributed by atoms with Crippen molar-refractivity contribution in [3.05, 3.63) is 72.1 Å². The number of nitrogens with zero attached hydrogens (tertiary/aromatic N) is 4. The smallest absolute Gasteiger partial charge is 0.224 e. The van der Waals surface area contributed by atoms with Crippen molar-refractivity contribution in [2.24, 2.45) is 11.8 Å². The molecule has 0 saturated carbocycles. The second-order valence-electron chi connectivity index (χ2n) is 9.10. The SMILES string of the molecule is COc1ccccc1CNC(=O)[C@H]1CN2CC[C@@H]1C[C@@H]2Cn1cc(CSc2ccccc2)nn1. The van der Waals surface area contributed by atoms with E-state index in [-0.39, 0.29) is 11.8 Å². The average molecular weight is 478 g/mol. The molecule has 7 nitrogen and oxygen atoms in total. The zero-order valence-corrected chi connectivity index (χ0v) is 20.3. The number of aromatic nitrogens is 3. The van der Waals surface area contributed by atoms with Crippen LogP contribution in [0, 0.1) is 11.8 Å². The number of hydrogen-bond acceptors (Lipinski definition) is 6. The maximum atomic E-state index is 13.0. The number of carbonyl (C=O) groups is 1. The molecule has 1 unspecified atom stereocenters. The number of piperidine rings is 3. The second-order valence-corrected chi connectivity index (χ2v) is 10.2. The summed E-state index contributed by atoms with van der Waals surface area (Å²) in [6.07, 6.45) is 4.18. The quantitative estimate of drug-likeness (QED) is 0.475. The third-order valence-corrected chi connectivity index (χ3v) is 8.02. The molecule has 0 radical (unpaired) electrons. The summed E-state index contributed by atoms with van der Waals surface area (Å²) in [5.74, 6) is 2.25. The molecule has 3 aromatic rings. The van der Waals surface area contributed by atoms with Gasteiger partial charge in [-0.2, -0.15) is 0 Å². The van der Waals surface area contributed by atoms with Crippen LogP contribution in [-0.2, 0) is 23.6 Å². The van der Waals surface area contributed by atoms with E-state index >= 15 is 0 Å². The molecule has 2 aromatic carbocycles. The Morgan fingerprint density at radius 2 is 2.00 bits per heavy atom. The zero-order valence-electron chi connectivity index (χ0n) is 19.5. The lowest BCUT2D eigenvalue weighted by molar-refractivity contribution is -0.133. The van der Waals surface area contributed by atoms with Crippen LogP contribution in [-0.4, -0.2) is 52.0 Å². The van der Waals surface area contributed by atoms with Crippen LogP contribution in [0.4, 0.5) is 0 Å². The van der Waals surface area contributed by atoms with Crippen molar-refractivity contribution in [2.75, 3.05) is 20.2 Å². The van der Waals surface area contributed by atoms with Gasteiger partial charge >= 0.3 is 0 Å². The molecule has 2 bridgehead atoms. The highest BCUT2D eigenvalue weighted by atomic mass is 32.2. The first kappa shape index (κ1) is 22.9. The molecule has 0 aliphatic carbocycles. The van der Waals surface area contributed by atoms with Gasteiger partial charge in [-0.25, -0.2) is 0 Å². The maximum absolute atomic E-state index is 13.0. The Labute approximate surface area is 204 Å². The highest BCUT2D eigenvalue weighted by Gasteiger charge is 2.43. The first-order valence-corrected chi connectivity index (χ1v) is 12.9. The van der Waals surface area contributed by atoms with E-state index in [4.69, 9.17) is 4.74 Å². The molecule has 3 aliphatic rings. The van der Waals surface area contributed by atoms with Crippen LogP contribution in [0.2, 0.25) is 0 Å². The Morgan fingerprint density at radius 3 is 2.79 bits per heavy atom. The molecule has 8 heteroatoms. The van der Waals surface area contributed by atoms with Crippen LogP contribution < -0.4 is 10.1 Å². The Morgan fingerprint density at radius 1 is 1.18 bits per heavy atom.